The van der Waals surface area contributed by atoms with Crippen LogP contribution in [0.3, 0.4) is 0 Å². The summed E-state index contributed by atoms with van der Waals surface area (Å²) in [6.07, 6.45) is 14.5. The second-order valence-corrected chi connectivity index (χ2v) is 16.9. The predicted molar refractivity (Wildman–Crippen MR) is 171 cm³/mol. The fourth-order valence-corrected chi connectivity index (χ4v) is 8.69. The molecular formula is C27H44N6O8P3+. The van der Waals surface area contributed by atoms with Gasteiger partial charge < -0.3 is 25.7 Å². The van der Waals surface area contributed by atoms with E-state index in [9.17, 15) is 37.9 Å². The van der Waals surface area contributed by atoms with Crippen molar-refractivity contribution in [3.63, 3.8) is 0 Å². The molecular weight excluding hydrogens is 629 g/mol. The second-order valence-electron chi connectivity index (χ2n) is 10.3. The predicted octanol–water partition coefficient (Wildman–Crippen LogP) is -0.435. The van der Waals surface area contributed by atoms with Gasteiger partial charge in [-0.25, -0.2) is 0 Å². The van der Waals surface area contributed by atoms with Crippen LogP contribution in [0, 0.1) is 37.0 Å². The molecule has 0 radical (unpaired) electrons. The molecule has 0 aliphatic carbocycles. The molecule has 1 rings (SSSR count). The molecule has 3 unspecified atom stereocenters. The number of rotatable bonds is 18. The third kappa shape index (κ3) is 19.0. The van der Waals surface area contributed by atoms with Crippen molar-refractivity contribution in [2.45, 2.75) is 19.3 Å². The fraction of sp³-hybridized carbons (Fsp3) is 0.667. The zero-order valence-corrected chi connectivity index (χ0v) is 27.7. The SMILES string of the molecule is C#CCNC(=O)CC[P+](=O)CN1CCN(CP(=O)(O)CCC(=O)NCC#C)CCN(CP(=O)(O)CCC(=O)NCC#C)CC1. The quantitative estimate of drug-likeness (QED) is 0.0938. The summed E-state index contributed by atoms with van der Waals surface area (Å²) in [6.45, 7) is 2.21. The lowest BCUT2D eigenvalue weighted by atomic mass is 10.4. The van der Waals surface area contributed by atoms with Gasteiger partial charge in [0.15, 0.2) is 12.4 Å². The first-order valence-electron chi connectivity index (χ1n) is 14.1. The molecule has 1 aliphatic rings. The summed E-state index contributed by atoms with van der Waals surface area (Å²) >= 11 is 0. The molecule has 0 bridgehead atoms. The van der Waals surface area contributed by atoms with E-state index in [2.05, 4.69) is 33.7 Å². The molecule has 5 N–H and O–H groups in total. The summed E-state index contributed by atoms with van der Waals surface area (Å²) in [6, 6.07) is 0. The van der Waals surface area contributed by atoms with Crippen molar-refractivity contribution >= 4 is 40.3 Å². The molecule has 14 nitrogen and oxygen atoms in total. The summed E-state index contributed by atoms with van der Waals surface area (Å²) in [4.78, 5) is 62.3. The smallest absolute Gasteiger partial charge is 0.345 e. The minimum absolute atomic E-state index is 0.0223. The molecule has 1 saturated heterocycles. The Morgan fingerprint density at radius 3 is 1.36 bits per heavy atom. The van der Waals surface area contributed by atoms with E-state index >= 15 is 0 Å². The number of terminal acetylenes is 3. The zero-order valence-electron chi connectivity index (χ0n) is 25.0. The van der Waals surface area contributed by atoms with E-state index in [1.807, 2.05) is 4.90 Å². The van der Waals surface area contributed by atoms with Crippen LogP contribution in [0.1, 0.15) is 19.3 Å². The van der Waals surface area contributed by atoms with Gasteiger partial charge in [0.05, 0.1) is 38.6 Å². The lowest BCUT2D eigenvalue weighted by Gasteiger charge is -2.28. The molecule has 0 aromatic rings. The van der Waals surface area contributed by atoms with Crippen LogP contribution in [0.15, 0.2) is 0 Å². The number of nitrogens with zero attached hydrogens (tertiary/aromatic N) is 3. The van der Waals surface area contributed by atoms with Crippen molar-refractivity contribution in [2.75, 3.05) is 96.2 Å². The van der Waals surface area contributed by atoms with Crippen LogP contribution in [0.2, 0.25) is 0 Å². The number of hydrogen-bond donors (Lipinski definition) is 5. The van der Waals surface area contributed by atoms with Crippen LogP contribution in [-0.2, 0) is 28.1 Å². The standard InChI is InChI=1S/C27H43N6O8P3/c1-4-10-28-25(34)7-19-42(37)22-31-13-15-32(23-43(38,39)20-8-26(35)29-11-5-2)17-18-33(16-14-31)24-44(40,41)21-9-27(36)30-12-6-3/h1-3H,7-24H2,(H4-,28,29,30,34,35,36,38,39,40,41)/p+1. The second kappa shape index (κ2) is 21.2. The third-order valence-corrected chi connectivity index (χ3v) is 11.5. The Hall–Kier alpha value is -2.55. The maximum atomic E-state index is 13.0. The van der Waals surface area contributed by atoms with Gasteiger partial charge in [0.1, 0.15) is 0 Å². The maximum Gasteiger partial charge on any atom is 0.354 e. The van der Waals surface area contributed by atoms with Crippen LogP contribution >= 0.6 is 22.5 Å². The van der Waals surface area contributed by atoms with E-state index in [1.165, 1.54) is 0 Å². The Labute approximate surface area is 261 Å². The first-order chi connectivity index (χ1) is 20.8. The summed E-state index contributed by atoms with van der Waals surface area (Å²) in [5.74, 6) is 5.68. The average molecular weight is 674 g/mol. The molecule has 1 fully saturated rings. The van der Waals surface area contributed by atoms with Crippen LogP contribution in [0.5, 0.6) is 0 Å². The topological polar surface area (TPSA) is 189 Å². The lowest BCUT2D eigenvalue weighted by molar-refractivity contribution is -0.121. The van der Waals surface area contributed by atoms with Crippen LogP contribution in [0.4, 0.5) is 0 Å². The van der Waals surface area contributed by atoms with Crippen molar-refractivity contribution in [3.8, 4) is 37.0 Å². The summed E-state index contributed by atoms with van der Waals surface area (Å²) in [7, 11) is -9.33. The molecule has 0 aromatic heterocycles. The van der Waals surface area contributed by atoms with E-state index in [0.717, 1.165) is 0 Å². The van der Waals surface area contributed by atoms with E-state index in [4.69, 9.17) is 19.3 Å². The first-order valence-corrected chi connectivity index (χ1v) is 19.8. The summed E-state index contributed by atoms with van der Waals surface area (Å²) in [5, 5.41) is 7.45. The van der Waals surface area contributed by atoms with Gasteiger partial charge in [-0.05, 0) is 0 Å². The molecule has 44 heavy (non-hydrogen) atoms. The zero-order chi connectivity index (χ0) is 33.0. The van der Waals surface area contributed by atoms with Gasteiger partial charge in [0.25, 0.3) is 0 Å². The molecule has 0 saturated carbocycles. The number of nitrogens with one attached hydrogen (secondary N) is 3. The van der Waals surface area contributed by atoms with Crippen LogP contribution < -0.4 is 16.0 Å². The van der Waals surface area contributed by atoms with E-state index in [0.29, 0.717) is 39.3 Å². The molecule has 17 heteroatoms. The summed E-state index contributed by atoms with van der Waals surface area (Å²) < 4.78 is 38.8. The van der Waals surface area contributed by atoms with Gasteiger partial charge in [-0.1, -0.05) is 22.3 Å². The lowest BCUT2D eigenvalue weighted by Crippen LogP contribution is -2.37. The minimum atomic E-state index is -3.77. The van der Waals surface area contributed by atoms with Crippen molar-refractivity contribution < 1.29 is 37.9 Å². The fourth-order valence-electron chi connectivity index (χ4n) is 4.16. The highest BCUT2D eigenvalue weighted by atomic mass is 31.2. The Morgan fingerprint density at radius 1 is 0.659 bits per heavy atom. The molecule has 1 aliphatic heterocycles. The normalized spacial score (nSPS) is 17.9. The highest BCUT2D eigenvalue weighted by Crippen LogP contribution is 2.43. The molecule has 1 heterocycles. The molecule has 0 spiro atoms. The Balaban J connectivity index is 2.93. The highest BCUT2D eigenvalue weighted by molar-refractivity contribution is 7.58. The number of amides is 3. The van der Waals surface area contributed by atoms with Gasteiger partial charge in [-0.3, -0.25) is 38.2 Å². The van der Waals surface area contributed by atoms with Gasteiger partial charge in [0, 0.05) is 64.4 Å². The maximum absolute atomic E-state index is 13.0. The Bertz CT molecular complexity index is 1140. The number of hydrogen-bond acceptors (Lipinski definition) is 9. The van der Waals surface area contributed by atoms with E-state index in [1.54, 1.807) is 9.80 Å². The van der Waals surface area contributed by atoms with Crippen molar-refractivity contribution in [3.05, 3.63) is 0 Å². The molecule has 3 atom stereocenters. The third-order valence-electron chi connectivity index (χ3n) is 6.52. The Kier molecular flexibility index (Phi) is 19.0. The minimum Gasteiger partial charge on any atom is -0.345 e. The number of carbonyl (C=O) groups excluding carboxylic acids is 3. The van der Waals surface area contributed by atoms with E-state index < -0.39 is 34.4 Å². The molecule has 244 valence electrons. The van der Waals surface area contributed by atoms with Crippen molar-refractivity contribution in [1.29, 1.82) is 0 Å². The number of carbonyl (C=O) groups is 3. The van der Waals surface area contributed by atoms with Gasteiger partial charge in [-0.15, -0.1) is 19.3 Å². The first kappa shape index (κ1) is 39.5. The van der Waals surface area contributed by atoms with Gasteiger partial charge >= 0.3 is 7.80 Å². The van der Waals surface area contributed by atoms with Crippen molar-refractivity contribution in [1.82, 2.24) is 30.7 Å². The highest BCUT2D eigenvalue weighted by Gasteiger charge is 2.30. The largest absolute Gasteiger partial charge is 0.354 e. The molecule has 3 amide bonds. The van der Waals surface area contributed by atoms with Crippen LogP contribution in [0.25, 0.3) is 0 Å². The van der Waals surface area contributed by atoms with Crippen LogP contribution in [-0.4, -0.2) is 138 Å². The summed E-state index contributed by atoms with van der Waals surface area (Å²) in [5.41, 5.74) is 0. The van der Waals surface area contributed by atoms with Gasteiger partial charge in [-0.2, -0.15) is 0 Å². The van der Waals surface area contributed by atoms with Gasteiger partial charge in [0.2, 0.25) is 32.5 Å². The van der Waals surface area contributed by atoms with Crippen molar-refractivity contribution in [2.24, 2.45) is 0 Å². The van der Waals surface area contributed by atoms with E-state index in [-0.39, 0.29) is 82.1 Å². The Morgan fingerprint density at radius 2 is 1.00 bits per heavy atom. The average Bonchev–Trinajstić information content (AvgIpc) is 3.05. The molecule has 0 aromatic carbocycles. The monoisotopic (exact) mass is 673 g/mol.